The zero-order valence-electron chi connectivity index (χ0n) is 13.6. The minimum absolute atomic E-state index is 0.104. The topological polar surface area (TPSA) is 47.6 Å². The fourth-order valence-electron chi connectivity index (χ4n) is 2.26. The van der Waals surface area contributed by atoms with E-state index in [1.165, 1.54) is 11.6 Å². The number of aryl methyl sites for hydroxylation is 1. The number of methoxy groups -OCH3 is 2. The third kappa shape index (κ3) is 4.13. The Morgan fingerprint density at radius 2 is 1.83 bits per heavy atom. The van der Waals surface area contributed by atoms with Crippen LogP contribution in [0.4, 0.5) is 5.69 Å². The Kier molecular flexibility index (Phi) is 5.80. The van der Waals surface area contributed by atoms with Crippen molar-refractivity contribution in [3.63, 3.8) is 0 Å². The maximum Gasteiger partial charge on any atom is 0.187 e. The van der Waals surface area contributed by atoms with Gasteiger partial charge in [0.1, 0.15) is 0 Å². The number of carbonyl (C=O) groups excluding carboxylic acids is 1. The molecule has 0 aromatic heterocycles. The van der Waals surface area contributed by atoms with Gasteiger partial charge in [0.15, 0.2) is 17.3 Å². The summed E-state index contributed by atoms with van der Waals surface area (Å²) in [6, 6.07) is 13.1. The summed E-state index contributed by atoms with van der Waals surface area (Å²) in [5, 5.41) is 3.16. The molecule has 0 saturated heterocycles. The maximum absolute atomic E-state index is 12.2. The highest BCUT2D eigenvalue weighted by Gasteiger charge is 2.08. The van der Waals surface area contributed by atoms with Crippen LogP contribution in [0.5, 0.6) is 11.5 Å². The molecule has 1 N–H and O–H groups in total. The average Bonchev–Trinajstić information content (AvgIpc) is 2.61. The van der Waals surface area contributed by atoms with E-state index in [2.05, 4.69) is 18.3 Å². The average molecular weight is 311 g/mol. The van der Waals surface area contributed by atoms with Gasteiger partial charge in [-0.2, -0.15) is 0 Å². The lowest BCUT2D eigenvalue weighted by atomic mass is 10.1. The van der Waals surface area contributed by atoms with Crippen molar-refractivity contribution in [1.29, 1.82) is 0 Å². The summed E-state index contributed by atoms with van der Waals surface area (Å²) >= 11 is 0. The van der Waals surface area contributed by atoms with Gasteiger partial charge in [-0.05, 0) is 36.2 Å². The summed E-state index contributed by atoms with van der Waals surface area (Å²) in [6.07, 6.45) is 4.10. The Bertz CT molecular complexity index is 708. The Balaban J connectivity index is 2.09. The largest absolute Gasteiger partial charge is 0.493 e. The van der Waals surface area contributed by atoms with Crippen molar-refractivity contribution in [3.8, 4) is 11.5 Å². The molecule has 0 unspecified atom stereocenters. The highest BCUT2D eigenvalue weighted by Crippen LogP contribution is 2.27. The molecule has 4 heteroatoms. The normalized spacial score (nSPS) is 10.6. The number of para-hydroxylation sites is 1. The zero-order chi connectivity index (χ0) is 16.7. The van der Waals surface area contributed by atoms with Gasteiger partial charge in [0.2, 0.25) is 0 Å². The van der Waals surface area contributed by atoms with E-state index in [0.29, 0.717) is 17.1 Å². The number of carbonyl (C=O) groups is 1. The van der Waals surface area contributed by atoms with Crippen LogP contribution < -0.4 is 14.8 Å². The Morgan fingerprint density at radius 3 is 2.52 bits per heavy atom. The molecule has 4 nitrogen and oxygen atoms in total. The van der Waals surface area contributed by atoms with Crippen LogP contribution in [0.1, 0.15) is 22.8 Å². The van der Waals surface area contributed by atoms with Crippen LogP contribution in [-0.4, -0.2) is 20.0 Å². The molecule has 0 fully saturated rings. The van der Waals surface area contributed by atoms with Crippen molar-refractivity contribution in [2.24, 2.45) is 0 Å². The molecule has 2 aromatic carbocycles. The summed E-state index contributed by atoms with van der Waals surface area (Å²) in [5.41, 5.74) is 2.76. The first-order valence-electron chi connectivity index (χ1n) is 7.47. The Morgan fingerprint density at radius 1 is 1.09 bits per heavy atom. The number of benzene rings is 2. The quantitative estimate of drug-likeness (QED) is 0.618. The highest BCUT2D eigenvalue weighted by atomic mass is 16.5. The third-order valence-electron chi connectivity index (χ3n) is 3.54. The summed E-state index contributed by atoms with van der Waals surface area (Å²) < 4.78 is 10.4. The molecule has 0 aliphatic rings. The van der Waals surface area contributed by atoms with E-state index in [4.69, 9.17) is 9.47 Å². The van der Waals surface area contributed by atoms with Crippen LogP contribution in [0, 0.1) is 0 Å². The van der Waals surface area contributed by atoms with Gasteiger partial charge in [-0.3, -0.25) is 4.79 Å². The van der Waals surface area contributed by atoms with Crippen LogP contribution in [0.25, 0.3) is 0 Å². The molecule has 0 spiro atoms. The summed E-state index contributed by atoms with van der Waals surface area (Å²) in [5.74, 6) is 1.03. The van der Waals surface area contributed by atoms with Gasteiger partial charge in [0, 0.05) is 23.5 Å². The lowest BCUT2D eigenvalue weighted by Crippen LogP contribution is -1.99. The van der Waals surface area contributed by atoms with Crippen molar-refractivity contribution >= 4 is 11.5 Å². The van der Waals surface area contributed by atoms with Crippen molar-refractivity contribution in [3.05, 3.63) is 65.9 Å². The number of ether oxygens (including phenoxy) is 2. The fraction of sp³-hybridized carbons (Fsp3) is 0.211. The number of hydrogen-bond acceptors (Lipinski definition) is 4. The number of allylic oxidation sites excluding steroid dienone is 1. The molecule has 0 atom stereocenters. The number of hydrogen-bond donors (Lipinski definition) is 1. The smallest absolute Gasteiger partial charge is 0.187 e. The second-order valence-corrected chi connectivity index (χ2v) is 4.92. The molecule has 23 heavy (non-hydrogen) atoms. The molecule has 0 aliphatic carbocycles. The predicted octanol–water partition coefficient (Wildman–Crippen LogP) is 4.07. The van der Waals surface area contributed by atoms with Gasteiger partial charge >= 0.3 is 0 Å². The number of rotatable bonds is 7. The SMILES string of the molecule is CCc1ccccc1N/C=C/C(=O)c1ccc(OC)c(OC)c1. The maximum atomic E-state index is 12.2. The summed E-state index contributed by atoms with van der Waals surface area (Å²) in [6.45, 7) is 2.10. The first-order chi connectivity index (χ1) is 11.2. The number of nitrogens with one attached hydrogen (secondary N) is 1. The van der Waals surface area contributed by atoms with Gasteiger partial charge in [0.05, 0.1) is 14.2 Å². The van der Waals surface area contributed by atoms with E-state index in [1.54, 1.807) is 38.6 Å². The number of anilines is 1. The van der Waals surface area contributed by atoms with Crippen molar-refractivity contribution in [2.45, 2.75) is 13.3 Å². The predicted molar refractivity (Wildman–Crippen MR) is 92.5 cm³/mol. The second-order valence-electron chi connectivity index (χ2n) is 4.92. The van der Waals surface area contributed by atoms with Gasteiger partial charge in [-0.25, -0.2) is 0 Å². The molecular weight excluding hydrogens is 290 g/mol. The minimum atomic E-state index is -0.104. The van der Waals surface area contributed by atoms with Crippen LogP contribution in [-0.2, 0) is 6.42 Å². The van der Waals surface area contributed by atoms with Crippen LogP contribution in [0.2, 0.25) is 0 Å². The zero-order valence-corrected chi connectivity index (χ0v) is 13.6. The molecule has 0 aliphatic heterocycles. The van der Waals surface area contributed by atoms with Crippen molar-refractivity contribution < 1.29 is 14.3 Å². The van der Waals surface area contributed by atoms with E-state index in [0.717, 1.165) is 12.1 Å². The highest BCUT2D eigenvalue weighted by molar-refractivity contribution is 6.05. The van der Waals surface area contributed by atoms with Crippen molar-refractivity contribution in [1.82, 2.24) is 0 Å². The monoisotopic (exact) mass is 311 g/mol. The third-order valence-corrected chi connectivity index (χ3v) is 3.54. The first kappa shape index (κ1) is 16.6. The molecule has 120 valence electrons. The molecule has 0 bridgehead atoms. The van der Waals surface area contributed by atoms with Gasteiger partial charge in [-0.15, -0.1) is 0 Å². The molecule has 2 rings (SSSR count). The first-order valence-corrected chi connectivity index (χ1v) is 7.47. The summed E-state index contributed by atoms with van der Waals surface area (Å²) in [7, 11) is 3.11. The Labute approximate surface area is 136 Å². The molecule has 2 aromatic rings. The fourth-order valence-corrected chi connectivity index (χ4v) is 2.26. The lowest BCUT2D eigenvalue weighted by Gasteiger charge is -2.08. The molecule has 0 amide bonds. The Hall–Kier alpha value is -2.75. The van der Waals surface area contributed by atoms with Gasteiger partial charge in [-0.1, -0.05) is 25.1 Å². The van der Waals surface area contributed by atoms with E-state index < -0.39 is 0 Å². The van der Waals surface area contributed by atoms with E-state index in [-0.39, 0.29) is 5.78 Å². The van der Waals surface area contributed by atoms with Crippen LogP contribution in [0.3, 0.4) is 0 Å². The number of ketones is 1. The van der Waals surface area contributed by atoms with E-state index >= 15 is 0 Å². The standard InChI is InChI=1S/C19H21NO3/c1-4-14-7-5-6-8-16(14)20-12-11-17(21)15-9-10-18(22-2)19(13-15)23-3/h5-13,20H,4H2,1-3H3/b12-11+. The van der Waals surface area contributed by atoms with Crippen molar-refractivity contribution in [2.75, 3.05) is 19.5 Å². The minimum Gasteiger partial charge on any atom is -0.493 e. The molecule has 0 saturated carbocycles. The molecule has 0 radical (unpaired) electrons. The van der Waals surface area contributed by atoms with Gasteiger partial charge in [0.25, 0.3) is 0 Å². The molecular formula is C19H21NO3. The van der Waals surface area contributed by atoms with Crippen LogP contribution >= 0.6 is 0 Å². The second kappa shape index (κ2) is 8.03. The van der Waals surface area contributed by atoms with E-state index in [1.807, 2.05) is 18.2 Å². The lowest BCUT2D eigenvalue weighted by molar-refractivity contribution is 0.104. The summed E-state index contributed by atoms with van der Waals surface area (Å²) in [4.78, 5) is 12.2. The van der Waals surface area contributed by atoms with Gasteiger partial charge < -0.3 is 14.8 Å². The van der Waals surface area contributed by atoms with E-state index in [9.17, 15) is 4.79 Å². The van der Waals surface area contributed by atoms with Crippen LogP contribution in [0.15, 0.2) is 54.7 Å². The molecule has 0 heterocycles.